The molecule has 102 valence electrons. The minimum absolute atomic E-state index is 0.0450. The second-order valence-corrected chi connectivity index (χ2v) is 7.59. The lowest BCUT2D eigenvalue weighted by atomic mass is 9.92. The minimum Gasteiger partial charge on any atom is -0.481 e. The number of halogens is 1. The van der Waals surface area contributed by atoms with Crippen molar-refractivity contribution in [2.24, 2.45) is 17.8 Å². The molecule has 1 saturated heterocycles. The average molecular weight is 344 g/mol. The molecule has 6 heteroatoms. The van der Waals surface area contributed by atoms with Gasteiger partial charge in [-0.15, -0.1) is 11.3 Å². The summed E-state index contributed by atoms with van der Waals surface area (Å²) in [6, 6.07) is 1.80. The fourth-order valence-electron chi connectivity index (χ4n) is 2.86. The van der Waals surface area contributed by atoms with E-state index < -0.39 is 11.9 Å². The van der Waals surface area contributed by atoms with Gasteiger partial charge in [0.1, 0.15) is 0 Å². The third-order valence-electron chi connectivity index (χ3n) is 4.01. The van der Waals surface area contributed by atoms with Gasteiger partial charge < -0.3 is 10.0 Å². The number of likely N-dealkylation sites (tertiary alicyclic amines) is 1. The van der Waals surface area contributed by atoms with E-state index in [2.05, 4.69) is 15.9 Å². The highest BCUT2D eigenvalue weighted by Crippen LogP contribution is 2.44. The molecule has 0 unspecified atom stereocenters. The van der Waals surface area contributed by atoms with E-state index in [0.717, 1.165) is 16.6 Å². The highest BCUT2D eigenvalue weighted by molar-refractivity contribution is 9.11. The third-order valence-corrected chi connectivity index (χ3v) is 5.52. The Labute approximate surface area is 123 Å². The zero-order chi connectivity index (χ0) is 13.6. The second kappa shape index (κ2) is 4.90. The summed E-state index contributed by atoms with van der Waals surface area (Å²) in [5.41, 5.74) is 0.650. The maximum Gasteiger partial charge on any atom is 0.308 e. The van der Waals surface area contributed by atoms with E-state index in [4.69, 9.17) is 0 Å². The van der Waals surface area contributed by atoms with E-state index in [-0.39, 0.29) is 11.8 Å². The summed E-state index contributed by atoms with van der Waals surface area (Å²) in [7, 11) is 0. The van der Waals surface area contributed by atoms with Crippen LogP contribution in [0.1, 0.15) is 23.2 Å². The van der Waals surface area contributed by atoms with E-state index in [1.165, 1.54) is 11.3 Å². The van der Waals surface area contributed by atoms with Gasteiger partial charge in [-0.2, -0.15) is 0 Å². The van der Waals surface area contributed by atoms with Crippen molar-refractivity contribution in [2.45, 2.75) is 12.8 Å². The van der Waals surface area contributed by atoms with Crippen molar-refractivity contribution in [3.05, 3.63) is 20.8 Å². The lowest BCUT2D eigenvalue weighted by Gasteiger charge is -2.15. The number of amides is 1. The van der Waals surface area contributed by atoms with Crippen LogP contribution in [0.25, 0.3) is 0 Å². The van der Waals surface area contributed by atoms with Crippen LogP contribution in [0.3, 0.4) is 0 Å². The number of nitrogens with zero attached hydrogens (tertiary/aromatic N) is 1. The van der Waals surface area contributed by atoms with Crippen molar-refractivity contribution in [1.29, 1.82) is 0 Å². The summed E-state index contributed by atoms with van der Waals surface area (Å²) in [5, 5.41) is 11.1. The van der Waals surface area contributed by atoms with E-state index in [0.29, 0.717) is 24.6 Å². The van der Waals surface area contributed by atoms with Crippen LogP contribution < -0.4 is 0 Å². The first-order valence-corrected chi connectivity index (χ1v) is 7.99. The van der Waals surface area contributed by atoms with Crippen LogP contribution in [-0.2, 0) is 4.79 Å². The van der Waals surface area contributed by atoms with Crippen molar-refractivity contribution in [2.75, 3.05) is 13.1 Å². The largest absolute Gasteiger partial charge is 0.481 e. The molecule has 1 aromatic rings. The number of thiophene rings is 1. The van der Waals surface area contributed by atoms with Gasteiger partial charge in [-0.25, -0.2) is 0 Å². The van der Waals surface area contributed by atoms with Gasteiger partial charge in [0, 0.05) is 18.5 Å². The average Bonchev–Trinajstić information content (AvgIpc) is 2.96. The van der Waals surface area contributed by atoms with Crippen molar-refractivity contribution in [1.82, 2.24) is 4.90 Å². The maximum absolute atomic E-state index is 12.3. The molecule has 2 fully saturated rings. The van der Waals surface area contributed by atoms with Crippen LogP contribution in [0.5, 0.6) is 0 Å². The number of carbonyl (C=O) groups excluding carboxylic acids is 1. The number of hydrogen-bond donors (Lipinski definition) is 1. The molecule has 0 radical (unpaired) electrons. The Morgan fingerprint density at radius 1 is 1.37 bits per heavy atom. The molecule has 0 aromatic carbocycles. The number of carboxylic acids is 1. The Morgan fingerprint density at radius 2 is 2.11 bits per heavy atom. The molecule has 1 amide bonds. The summed E-state index contributed by atoms with van der Waals surface area (Å²) >= 11 is 4.81. The van der Waals surface area contributed by atoms with Gasteiger partial charge >= 0.3 is 5.97 Å². The maximum atomic E-state index is 12.3. The predicted octanol–water partition coefficient (Wildman–Crippen LogP) is 2.69. The smallest absolute Gasteiger partial charge is 0.308 e. The fourth-order valence-corrected chi connectivity index (χ4v) is 3.99. The first-order chi connectivity index (χ1) is 9.06. The van der Waals surface area contributed by atoms with E-state index in [1.807, 2.05) is 5.38 Å². The SMILES string of the molecule is O=C(O)[C@H]1CN(C(=O)c2csc(Br)c2)C[C@@H]1C1CC1. The van der Waals surface area contributed by atoms with Crippen molar-refractivity contribution < 1.29 is 14.7 Å². The molecule has 1 N–H and O–H groups in total. The normalized spacial score (nSPS) is 26.7. The summed E-state index contributed by atoms with van der Waals surface area (Å²) < 4.78 is 0.920. The molecule has 1 saturated carbocycles. The summed E-state index contributed by atoms with van der Waals surface area (Å²) in [4.78, 5) is 25.4. The Hall–Kier alpha value is -0.880. The molecule has 19 heavy (non-hydrogen) atoms. The van der Waals surface area contributed by atoms with Crippen LogP contribution in [0.2, 0.25) is 0 Å². The number of carbonyl (C=O) groups is 2. The first-order valence-electron chi connectivity index (χ1n) is 6.32. The molecule has 2 atom stereocenters. The van der Waals surface area contributed by atoms with Crippen molar-refractivity contribution in [3.63, 3.8) is 0 Å². The molecule has 1 aromatic heterocycles. The summed E-state index contributed by atoms with van der Waals surface area (Å²) in [5.74, 6) is -0.551. The molecule has 4 nitrogen and oxygen atoms in total. The van der Waals surface area contributed by atoms with Gasteiger partial charge in [0.2, 0.25) is 0 Å². The Balaban J connectivity index is 1.75. The zero-order valence-corrected chi connectivity index (χ0v) is 12.6. The standard InChI is InChI=1S/C13H14BrNO3S/c14-11-3-8(6-19-11)12(16)15-4-9(7-1-2-7)10(5-15)13(17)18/h3,6-7,9-10H,1-2,4-5H2,(H,17,18)/t9-,10+/m1/s1. The molecule has 1 aliphatic carbocycles. The monoisotopic (exact) mass is 343 g/mol. The third kappa shape index (κ3) is 2.56. The minimum atomic E-state index is -0.765. The Bertz CT molecular complexity index is 526. The Kier molecular flexibility index (Phi) is 3.39. The quantitative estimate of drug-likeness (QED) is 0.917. The topological polar surface area (TPSA) is 57.6 Å². The van der Waals surface area contributed by atoms with Gasteiger partial charge in [0.15, 0.2) is 0 Å². The first kappa shape index (κ1) is 13.1. The van der Waals surface area contributed by atoms with E-state index >= 15 is 0 Å². The van der Waals surface area contributed by atoms with E-state index in [1.54, 1.807) is 11.0 Å². The second-order valence-electron chi connectivity index (χ2n) is 5.30. The molecule has 0 bridgehead atoms. The molecular weight excluding hydrogens is 330 g/mol. The number of carboxylic acid groups (broad SMARTS) is 1. The van der Waals surface area contributed by atoms with Crippen LogP contribution in [0.4, 0.5) is 0 Å². The van der Waals surface area contributed by atoms with Crippen molar-refractivity contribution >= 4 is 39.1 Å². The van der Waals surface area contributed by atoms with Crippen LogP contribution in [0, 0.1) is 17.8 Å². The molecule has 2 aliphatic rings. The van der Waals surface area contributed by atoms with Crippen molar-refractivity contribution in [3.8, 4) is 0 Å². The number of aliphatic carboxylic acids is 1. The molecule has 3 rings (SSSR count). The summed E-state index contributed by atoms with van der Waals surface area (Å²) in [6.45, 7) is 0.941. The highest BCUT2D eigenvalue weighted by atomic mass is 79.9. The molecular formula is C13H14BrNO3S. The van der Waals surface area contributed by atoms with Gasteiger partial charge in [-0.1, -0.05) is 0 Å². The van der Waals surface area contributed by atoms with Gasteiger partial charge in [-0.3, -0.25) is 9.59 Å². The van der Waals surface area contributed by atoms with E-state index in [9.17, 15) is 14.7 Å². The van der Waals surface area contributed by atoms with Crippen LogP contribution >= 0.6 is 27.3 Å². The predicted molar refractivity (Wildman–Crippen MR) is 75.3 cm³/mol. The fraction of sp³-hybridized carbons (Fsp3) is 0.538. The van der Waals surface area contributed by atoms with Gasteiger partial charge in [0.25, 0.3) is 5.91 Å². The molecule has 1 aliphatic heterocycles. The Morgan fingerprint density at radius 3 is 2.63 bits per heavy atom. The van der Waals surface area contributed by atoms with Gasteiger partial charge in [-0.05, 0) is 46.7 Å². The number of rotatable bonds is 3. The number of hydrogen-bond acceptors (Lipinski definition) is 3. The highest BCUT2D eigenvalue weighted by Gasteiger charge is 2.46. The lowest BCUT2D eigenvalue weighted by Crippen LogP contribution is -2.29. The zero-order valence-electron chi connectivity index (χ0n) is 10.2. The summed E-state index contributed by atoms with van der Waals surface area (Å²) in [6.07, 6.45) is 2.22. The lowest BCUT2D eigenvalue weighted by molar-refractivity contribution is -0.142. The molecule has 2 heterocycles. The van der Waals surface area contributed by atoms with Crippen LogP contribution in [-0.4, -0.2) is 35.0 Å². The molecule has 0 spiro atoms. The van der Waals surface area contributed by atoms with Crippen LogP contribution in [0.15, 0.2) is 15.2 Å². The van der Waals surface area contributed by atoms with Gasteiger partial charge in [0.05, 0.1) is 15.3 Å².